The largest absolute Gasteiger partial charge is 0.457 e. The summed E-state index contributed by atoms with van der Waals surface area (Å²) < 4.78 is 6.16. The summed E-state index contributed by atoms with van der Waals surface area (Å²) in [7, 11) is 0. The number of rotatable bonds is 4. The zero-order valence-electron chi connectivity index (χ0n) is 15.8. The first-order valence-electron chi connectivity index (χ1n) is 8.83. The number of carbonyl (C=O) groups excluding carboxylic acids is 1. The van der Waals surface area contributed by atoms with Gasteiger partial charge in [-0.1, -0.05) is 59.3 Å². The molecule has 0 N–H and O–H groups in total. The van der Waals surface area contributed by atoms with Crippen LogP contribution in [0.5, 0.6) is 0 Å². The van der Waals surface area contributed by atoms with Crippen LogP contribution in [0.15, 0.2) is 57.9 Å². The topological polar surface area (TPSA) is 76.6 Å². The lowest BCUT2D eigenvalue weighted by molar-refractivity contribution is -0.385. The normalized spacial score (nSPS) is 15.2. The maximum atomic E-state index is 12.9. The molecule has 0 bridgehead atoms. The van der Waals surface area contributed by atoms with Crippen LogP contribution in [0.1, 0.15) is 11.3 Å². The van der Waals surface area contributed by atoms with Gasteiger partial charge in [0, 0.05) is 23.3 Å². The molecule has 1 aliphatic rings. The van der Waals surface area contributed by atoms with E-state index >= 15 is 0 Å². The van der Waals surface area contributed by atoms with E-state index in [1.807, 2.05) is 0 Å². The second-order valence-corrected chi connectivity index (χ2v) is 9.07. The lowest BCUT2D eigenvalue weighted by Crippen LogP contribution is -2.27. The van der Waals surface area contributed by atoms with Crippen LogP contribution in [0.3, 0.4) is 0 Å². The van der Waals surface area contributed by atoms with Crippen molar-refractivity contribution in [2.75, 3.05) is 4.90 Å². The molecule has 1 fully saturated rings. The van der Waals surface area contributed by atoms with Crippen LogP contribution in [0, 0.1) is 17.0 Å². The van der Waals surface area contributed by atoms with Gasteiger partial charge < -0.3 is 4.42 Å². The van der Waals surface area contributed by atoms with Gasteiger partial charge in [-0.15, -0.1) is 0 Å². The third-order valence-corrected chi connectivity index (χ3v) is 6.59. The number of aryl methyl sites for hydroxylation is 1. The molecule has 4 rings (SSSR count). The Hall–Kier alpha value is -2.65. The number of carbonyl (C=O) groups is 1. The number of nitro groups is 1. The van der Waals surface area contributed by atoms with Gasteiger partial charge in [-0.05, 0) is 37.3 Å². The standard InChI is InChI=1S/C21H12Cl2N2O4S2/c1-11-2-3-12(8-17(11)25(27)28)18-7-5-14(29-18)10-19-20(26)24(21(30)31-19)13-4-6-15(22)16(23)9-13/h2-10H,1H3/b19-10-. The van der Waals surface area contributed by atoms with Crippen LogP contribution >= 0.6 is 47.2 Å². The van der Waals surface area contributed by atoms with Crippen molar-refractivity contribution in [1.29, 1.82) is 0 Å². The van der Waals surface area contributed by atoms with Gasteiger partial charge in [-0.2, -0.15) is 0 Å². The number of nitrogens with zero attached hydrogens (tertiary/aromatic N) is 2. The van der Waals surface area contributed by atoms with E-state index in [4.69, 9.17) is 39.8 Å². The number of nitro benzene ring substituents is 1. The fourth-order valence-corrected chi connectivity index (χ4v) is 4.56. The third kappa shape index (κ3) is 4.24. The van der Waals surface area contributed by atoms with Crippen molar-refractivity contribution in [2.45, 2.75) is 6.92 Å². The number of furan rings is 1. The van der Waals surface area contributed by atoms with Crippen LogP contribution < -0.4 is 4.90 Å². The first kappa shape index (κ1) is 21.6. The van der Waals surface area contributed by atoms with E-state index < -0.39 is 4.92 Å². The number of anilines is 1. The summed E-state index contributed by atoms with van der Waals surface area (Å²) in [5.41, 5.74) is 1.66. The minimum atomic E-state index is -0.433. The number of thiocarbonyl (C=S) groups is 1. The van der Waals surface area contributed by atoms with Crippen molar-refractivity contribution in [3.63, 3.8) is 0 Å². The van der Waals surface area contributed by atoms with Gasteiger partial charge in [-0.3, -0.25) is 19.8 Å². The van der Waals surface area contributed by atoms with Crippen molar-refractivity contribution in [1.82, 2.24) is 0 Å². The molecule has 0 spiro atoms. The number of amides is 1. The molecule has 1 saturated heterocycles. The fraction of sp³-hybridized carbons (Fsp3) is 0.0476. The number of benzene rings is 2. The molecular weight excluding hydrogens is 479 g/mol. The number of hydrogen-bond donors (Lipinski definition) is 0. The minimum Gasteiger partial charge on any atom is -0.457 e. The second-order valence-electron chi connectivity index (χ2n) is 6.58. The van der Waals surface area contributed by atoms with Crippen molar-refractivity contribution >= 4 is 74.9 Å². The average molecular weight is 491 g/mol. The molecular formula is C21H12Cl2N2O4S2. The fourth-order valence-electron chi connectivity index (χ4n) is 2.99. The molecule has 6 nitrogen and oxygen atoms in total. The Kier molecular flexibility index (Phi) is 5.90. The van der Waals surface area contributed by atoms with Crippen LogP contribution in [-0.4, -0.2) is 15.2 Å². The lowest BCUT2D eigenvalue weighted by atomic mass is 10.1. The molecule has 0 atom stereocenters. The third-order valence-electron chi connectivity index (χ3n) is 4.55. The highest BCUT2D eigenvalue weighted by molar-refractivity contribution is 8.27. The Morgan fingerprint density at radius 2 is 1.90 bits per heavy atom. The van der Waals surface area contributed by atoms with E-state index in [1.54, 1.807) is 55.5 Å². The molecule has 10 heteroatoms. The van der Waals surface area contributed by atoms with Crippen molar-refractivity contribution in [3.8, 4) is 11.3 Å². The lowest BCUT2D eigenvalue weighted by Gasteiger charge is -2.15. The predicted molar refractivity (Wildman–Crippen MR) is 128 cm³/mol. The van der Waals surface area contributed by atoms with Crippen molar-refractivity contribution in [2.24, 2.45) is 0 Å². The number of halogens is 2. The summed E-state index contributed by atoms with van der Waals surface area (Å²) in [4.78, 5) is 25.4. The van der Waals surface area contributed by atoms with Gasteiger partial charge >= 0.3 is 0 Å². The quantitative estimate of drug-likeness (QED) is 0.172. The van der Waals surface area contributed by atoms with E-state index in [2.05, 4.69) is 0 Å². The molecule has 156 valence electrons. The van der Waals surface area contributed by atoms with Crippen molar-refractivity contribution < 1.29 is 14.1 Å². The summed E-state index contributed by atoms with van der Waals surface area (Å²) in [6.07, 6.45) is 1.59. The van der Waals surface area contributed by atoms with Gasteiger partial charge in [0.15, 0.2) is 4.32 Å². The Bertz CT molecular complexity index is 1290. The summed E-state index contributed by atoms with van der Waals surface area (Å²) >= 11 is 18.5. The van der Waals surface area contributed by atoms with Crippen molar-refractivity contribution in [3.05, 3.63) is 84.9 Å². The summed E-state index contributed by atoms with van der Waals surface area (Å²) in [5.74, 6) is 0.569. The van der Waals surface area contributed by atoms with E-state index in [0.717, 1.165) is 11.8 Å². The molecule has 2 heterocycles. The summed E-state index contributed by atoms with van der Waals surface area (Å²) in [6.45, 7) is 1.67. The second kappa shape index (κ2) is 8.47. The van der Waals surface area contributed by atoms with E-state index in [1.165, 1.54) is 11.0 Å². The average Bonchev–Trinajstić information content (AvgIpc) is 3.29. The van der Waals surface area contributed by atoms with Gasteiger partial charge in [0.05, 0.1) is 25.6 Å². The van der Waals surface area contributed by atoms with Gasteiger partial charge in [0.2, 0.25) is 0 Å². The highest BCUT2D eigenvalue weighted by atomic mass is 35.5. The van der Waals surface area contributed by atoms with E-state index in [-0.39, 0.29) is 11.6 Å². The first-order valence-corrected chi connectivity index (χ1v) is 10.8. The molecule has 1 aromatic heterocycles. The zero-order chi connectivity index (χ0) is 22.3. The molecule has 0 radical (unpaired) electrons. The zero-order valence-corrected chi connectivity index (χ0v) is 18.9. The molecule has 2 aromatic carbocycles. The first-order chi connectivity index (χ1) is 14.7. The maximum Gasteiger partial charge on any atom is 0.273 e. The van der Waals surface area contributed by atoms with Gasteiger partial charge in [0.1, 0.15) is 11.5 Å². The smallest absolute Gasteiger partial charge is 0.273 e. The highest BCUT2D eigenvalue weighted by Gasteiger charge is 2.33. The number of thioether (sulfide) groups is 1. The highest BCUT2D eigenvalue weighted by Crippen LogP contribution is 2.38. The molecule has 1 aliphatic heterocycles. The van der Waals surface area contributed by atoms with Gasteiger partial charge in [-0.25, -0.2) is 0 Å². The Labute approximate surface area is 196 Å². The van der Waals surface area contributed by atoms with Crippen LogP contribution in [-0.2, 0) is 4.79 Å². The SMILES string of the molecule is Cc1ccc(-c2ccc(/C=C3\SC(=S)N(c4ccc(Cl)c(Cl)c4)C3=O)o2)cc1[N+](=O)[O-]. The molecule has 31 heavy (non-hydrogen) atoms. The van der Waals surface area contributed by atoms with Crippen LogP contribution in [0.25, 0.3) is 17.4 Å². The van der Waals surface area contributed by atoms with E-state index in [0.29, 0.717) is 47.6 Å². The Balaban J connectivity index is 1.62. The number of hydrogen-bond acceptors (Lipinski definition) is 6. The molecule has 3 aromatic rings. The Morgan fingerprint density at radius 3 is 2.61 bits per heavy atom. The molecule has 0 unspecified atom stereocenters. The molecule has 1 amide bonds. The monoisotopic (exact) mass is 490 g/mol. The maximum absolute atomic E-state index is 12.9. The summed E-state index contributed by atoms with van der Waals surface area (Å²) in [5, 5.41) is 11.9. The van der Waals surface area contributed by atoms with E-state index in [9.17, 15) is 14.9 Å². The van der Waals surface area contributed by atoms with Gasteiger partial charge in [0.25, 0.3) is 11.6 Å². The van der Waals surface area contributed by atoms with Crippen LogP contribution in [0.4, 0.5) is 11.4 Å². The summed E-state index contributed by atoms with van der Waals surface area (Å²) in [6, 6.07) is 13.1. The Morgan fingerprint density at radius 1 is 1.13 bits per heavy atom. The minimum absolute atomic E-state index is 0.0120. The predicted octanol–water partition coefficient (Wildman–Crippen LogP) is 6.88. The molecule has 0 aliphatic carbocycles. The van der Waals surface area contributed by atoms with Crippen LogP contribution in [0.2, 0.25) is 10.0 Å². The molecule has 0 saturated carbocycles.